The van der Waals surface area contributed by atoms with Crippen LogP contribution in [-0.4, -0.2) is 57.2 Å². The highest BCUT2D eigenvalue weighted by Gasteiger charge is 2.34. The summed E-state index contributed by atoms with van der Waals surface area (Å²) in [7, 11) is 0.00178. The van der Waals surface area contributed by atoms with Gasteiger partial charge in [0.15, 0.2) is 0 Å². The van der Waals surface area contributed by atoms with E-state index in [9.17, 15) is 18.0 Å². The SMILES string of the molecule is CN(C)CCCN1C(=O)c2cccc3c(S(=O)(=O)NCc4ccccc4)ccc(c23)C1=O. The molecule has 1 heterocycles. The molecule has 0 saturated heterocycles. The van der Waals surface area contributed by atoms with Gasteiger partial charge in [-0.25, -0.2) is 13.1 Å². The Balaban J connectivity index is 1.70. The third-order valence-electron chi connectivity index (χ3n) is 5.54. The molecule has 3 aromatic carbocycles. The number of carbonyl (C=O) groups is 2. The number of imide groups is 1. The lowest BCUT2D eigenvalue weighted by molar-refractivity contribution is 0.0605. The minimum Gasteiger partial charge on any atom is -0.309 e. The number of nitrogens with one attached hydrogen (secondary N) is 1. The van der Waals surface area contributed by atoms with Crippen LogP contribution >= 0.6 is 0 Å². The lowest BCUT2D eigenvalue weighted by Crippen LogP contribution is -2.41. The molecule has 0 saturated carbocycles. The smallest absolute Gasteiger partial charge is 0.261 e. The maximum atomic E-state index is 13.1. The molecular formula is C24H25N3O4S. The third-order valence-corrected chi connectivity index (χ3v) is 7.00. The van der Waals surface area contributed by atoms with Crippen LogP contribution in [0.5, 0.6) is 0 Å². The van der Waals surface area contributed by atoms with Gasteiger partial charge in [0, 0.05) is 35.0 Å². The molecule has 1 N–H and O–H groups in total. The molecule has 166 valence electrons. The van der Waals surface area contributed by atoms with Crippen molar-refractivity contribution in [2.45, 2.75) is 17.9 Å². The van der Waals surface area contributed by atoms with Crippen molar-refractivity contribution in [1.82, 2.24) is 14.5 Å². The topological polar surface area (TPSA) is 86.8 Å². The molecule has 1 aliphatic heterocycles. The second-order valence-corrected chi connectivity index (χ2v) is 9.80. The Morgan fingerprint density at radius 3 is 2.25 bits per heavy atom. The number of carbonyl (C=O) groups excluding carboxylic acids is 2. The monoisotopic (exact) mass is 451 g/mol. The van der Waals surface area contributed by atoms with Gasteiger partial charge in [0.2, 0.25) is 10.0 Å². The van der Waals surface area contributed by atoms with Crippen LogP contribution in [0.25, 0.3) is 10.8 Å². The van der Waals surface area contributed by atoms with E-state index in [0.29, 0.717) is 34.9 Å². The average Bonchev–Trinajstić information content (AvgIpc) is 2.78. The van der Waals surface area contributed by atoms with Crippen molar-refractivity contribution in [2.24, 2.45) is 0 Å². The average molecular weight is 452 g/mol. The zero-order chi connectivity index (χ0) is 22.9. The lowest BCUT2D eigenvalue weighted by atomic mass is 9.94. The van der Waals surface area contributed by atoms with Gasteiger partial charge in [-0.3, -0.25) is 14.5 Å². The molecule has 0 aromatic heterocycles. The highest BCUT2D eigenvalue weighted by molar-refractivity contribution is 7.89. The molecule has 0 aliphatic carbocycles. The maximum Gasteiger partial charge on any atom is 0.261 e. The summed E-state index contributed by atoms with van der Waals surface area (Å²) in [6, 6.07) is 17.1. The van der Waals surface area contributed by atoms with E-state index in [1.807, 2.05) is 49.3 Å². The number of benzene rings is 3. The number of sulfonamides is 1. The van der Waals surface area contributed by atoms with Gasteiger partial charge in [-0.15, -0.1) is 0 Å². The first kappa shape index (κ1) is 22.1. The quantitative estimate of drug-likeness (QED) is 0.532. The summed E-state index contributed by atoms with van der Waals surface area (Å²) >= 11 is 0. The predicted molar refractivity (Wildman–Crippen MR) is 123 cm³/mol. The number of nitrogens with zero attached hydrogens (tertiary/aromatic N) is 2. The summed E-state index contributed by atoms with van der Waals surface area (Å²) in [6.45, 7) is 1.20. The molecule has 0 unspecified atom stereocenters. The van der Waals surface area contributed by atoms with E-state index in [0.717, 1.165) is 12.1 Å². The van der Waals surface area contributed by atoms with Gasteiger partial charge in [-0.2, -0.15) is 0 Å². The molecule has 0 radical (unpaired) electrons. The van der Waals surface area contributed by atoms with Gasteiger partial charge in [0.05, 0.1) is 4.90 Å². The van der Waals surface area contributed by atoms with Crippen molar-refractivity contribution in [2.75, 3.05) is 27.2 Å². The number of rotatable bonds is 8. The van der Waals surface area contributed by atoms with Crippen molar-refractivity contribution < 1.29 is 18.0 Å². The Bertz CT molecular complexity index is 1270. The Morgan fingerprint density at radius 2 is 1.56 bits per heavy atom. The molecule has 0 atom stereocenters. The van der Waals surface area contributed by atoms with Gasteiger partial charge in [-0.1, -0.05) is 42.5 Å². The molecule has 0 bridgehead atoms. The minimum absolute atomic E-state index is 0.0516. The number of hydrogen-bond donors (Lipinski definition) is 1. The standard InChI is InChI=1S/C24H25N3O4S/c1-26(2)14-7-15-27-23(28)19-11-6-10-18-21(13-12-20(22(18)19)24(27)29)32(30,31)25-16-17-8-4-3-5-9-17/h3-6,8-13,25H,7,14-16H2,1-2H3. The van der Waals surface area contributed by atoms with Gasteiger partial charge in [-0.05, 0) is 50.8 Å². The molecular weight excluding hydrogens is 426 g/mol. The van der Waals surface area contributed by atoms with Crippen molar-refractivity contribution in [3.05, 3.63) is 77.4 Å². The molecule has 8 heteroatoms. The first-order chi connectivity index (χ1) is 15.3. The third kappa shape index (κ3) is 4.17. The molecule has 0 spiro atoms. The summed E-state index contributed by atoms with van der Waals surface area (Å²) in [5.74, 6) is -0.780. The van der Waals surface area contributed by atoms with E-state index < -0.39 is 21.8 Å². The second-order valence-electron chi connectivity index (χ2n) is 8.07. The van der Waals surface area contributed by atoms with Crippen LogP contribution in [-0.2, 0) is 16.6 Å². The van der Waals surface area contributed by atoms with Crippen LogP contribution in [0, 0.1) is 0 Å². The largest absolute Gasteiger partial charge is 0.309 e. The molecule has 32 heavy (non-hydrogen) atoms. The Morgan fingerprint density at radius 1 is 0.875 bits per heavy atom. The van der Waals surface area contributed by atoms with Gasteiger partial charge >= 0.3 is 0 Å². The first-order valence-corrected chi connectivity index (χ1v) is 11.9. The molecule has 1 aliphatic rings. The number of hydrogen-bond acceptors (Lipinski definition) is 5. The zero-order valence-corrected chi connectivity index (χ0v) is 18.9. The Labute approximate surface area is 187 Å². The summed E-state index contributed by atoms with van der Waals surface area (Å²) < 4.78 is 28.8. The van der Waals surface area contributed by atoms with Crippen LogP contribution < -0.4 is 4.72 Å². The fourth-order valence-corrected chi connectivity index (χ4v) is 5.17. The van der Waals surface area contributed by atoms with Gasteiger partial charge in [0.25, 0.3) is 11.8 Å². The summed E-state index contributed by atoms with van der Waals surface area (Å²) in [5.41, 5.74) is 1.53. The number of amides is 2. The van der Waals surface area contributed by atoms with Crippen LogP contribution in [0.15, 0.2) is 65.6 Å². The Kier molecular flexibility index (Phi) is 6.10. The molecule has 7 nitrogen and oxygen atoms in total. The Hall–Kier alpha value is -3.07. The summed E-state index contributed by atoms with van der Waals surface area (Å²) in [5, 5.41) is 0.768. The predicted octanol–water partition coefficient (Wildman–Crippen LogP) is 2.87. The van der Waals surface area contributed by atoms with Crippen molar-refractivity contribution in [1.29, 1.82) is 0 Å². The van der Waals surface area contributed by atoms with Crippen LogP contribution in [0.2, 0.25) is 0 Å². The van der Waals surface area contributed by atoms with Gasteiger partial charge < -0.3 is 4.90 Å². The normalized spacial score (nSPS) is 13.9. The van der Waals surface area contributed by atoms with Crippen LogP contribution in [0.1, 0.15) is 32.7 Å². The molecule has 0 fully saturated rings. The van der Waals surface area contributed by atoms with E-state index in [-0.39, 0.29) is 11.4 Å². The van der Waals surface area contributed by atoms with Gasteiger partial charge in [0.1, 0.15) is 0 Å². The molecule has 4 rings (SSSR count). The lowest BCUT2D eigenvalue weighted by Gasteiger charge is -2.28. The second kappa shape index (κ2) is 8.82. The minimum atomic E-state index is -3.87. The van der Waals surface area contributed by atoms with Crippen molar-refractivity contribution >= 4 is 32.6 Å². The maximum absolute atomic E-state index is 13.1. The zero-order valence-electron chi connectivity index (χ0n) is 18.0. The highest BCUT2D eigenvalue weighted by Crippen LogP contribution is 2.34. The van der Waals surface area contributed by atoms with E-state index >= 15 is 0 Å². The highest BCUT2D eigenvalue weighted by atomic mass is 32.2. The van der Waals surface area contributed by atoms with Crippen molar-refractivity contribution in [3.63, 3.8) is 0 Å². The van der Waals surface area contributed by atoms with E-state index in [4.69, 9.17) is 0 Å². The summed E-state index contributed by atoms with van der Waals surface area (Å²) in [4.78, 5) is 29.5. The molecule has 3 aromatic rings. The van der Waals surface area contributed by atoms with E-state index in [2.05, 4.69) is 4.72 Å². The van der Waals surface area contributed by atoms with E-state index in [1.165, 1.54) is 17.0 Å². The molecule has 2 amide bonds. The fourth-order valence-electron chi connectivity index (χ4n) is 3.95. The fraction of sp³-hybridized carbons (Fsp3) is 0.250. The van der Waals surface area contributed by atoms with Crippen molar-refractivity contribution in [3.8, 4) is 0 Å². The first-order valence-electron chi connectivity index (χ1n) is 10.4. The van der Waals surface area contributed by atoms with Crippen LogP contribution in [0.4, 0.5) is 0 Å². The van der Waals surface area contributed by atoms with E-state index in [1.54, 1.807) is 18.2 Å². The summed E-state index contributed by atoms with van der Waals surface area (Å²) in [6.07, 6.45) is 0.658. The van der Waals surface area contributed by atoms with Crippen LogP contribution in [0.3, 0.4) is 0 Å².